The number of carbonyl (C=O) groups is 1. The monoisotopic (exact) mass is 450 g/mol. The van der Waals surface area contributed by atoms with Gasteiger partial charge in [0.15, 0.2) is 0 Å². The summed E-state index contributed by atoms with van der Waals surface area (Å²) in [6.45, 7) is 6.12. The van der Waals surface area contributed by atoms with Crippen molar-refractivity contribution in [1.29, 1.82) is 0 Å². The van der Waals surface area contributed by atoms with Gasteiger partial charge in [-0.2, -0.15) is 0 Å². The normalized spacial score (nSPS) is 23.8. The van der Waals surface area contributed by atoms with Gasteiger partial charge >= 0.3 is 0 Å². The molecule has 5 rings (SSSR count). The molecule has 0 atom stereocenters. The first kappa shape index (κ1) is 22.0. The van der Waals surface area contributed by atoms with E-state index < -0.39 is 0 Å². The number of nitrogens with one attached hydrogen (secondary N) is 1. The zero-order valence-corrected chi connectivity index (χ0v) is 19.2. The van der Waals surface area contributed by atoms with Crippen LogP contribution in [0.2, 0.25) is 0 Å². The van der Waals surface area contributed by atoms with Gasteiger partial charge in [-0.3, -0.25) is 9.69 Å². The molecule has 3 aliphatic rings. The summed E-state index contributed by atoms with van der Waals surface area (Å²) in [5.41, 5.74) is 3.06. The summed E-state index contributed by atoms with van der Waals surface area (Å²) in [5, 5.41) is 3.21. The van der Waals surface area contributed by atoms with Gasteiger partial charge in [0, 0.05) is 49.9 Å². The lowest BCUT2D eigenvalue weighted by Gasteiger charge is -2.37. The molecule has 1 aromatic carbocycles. The lowest BCUT2D eigenvalue weighted by atomic mass is 9.84. The van der Waals surface area contributed by atoms with Crippen LogP contribution in [0.4, 0.5) is 5.69 Å². The molecule has 0 radical (unpaired) electrons. The van der Waals surface area contributed by atoms with E-state index in [0.29, 0.717) is 18.5 Å². The first-order valence-electron chi connectivity index (χ1n) is 12.3. The largest absolute Gasteiger partial charge is 0.500 e. The fourth-order valence-corrected chi connectivity index (χ4v) is 5.22. The lowest BCUT2D eigenvalue weighted by Crippen LogP contribution is -2.47. The Morgan fingerprint density at radius 2 is 1.97 bits per heavy atom. The Labute approximate surface area is 195 Å². The van der Waals surface area contributed by atoms with Gasteiger partial charge < -0.3 is 19.4 Å². The number of nitrogens with zero attached hydrogens (tertiary/aromatic N) is 3. The van der Waals surface area contributed by atoms with E-state index in [2.05, 4.69) is 38.3 Å². The average Bonchev–Trinajstić information content (AvgIpc) is 3.59. The number of amides is 1. The maximum absolute atomic E-state index is 12.3. The Hall–Kier alpha value is -2.80. The predicted octanol–water partition coefficient (Wildman–Crippen LogP) is 3.83. The van der Waals surface area contributed by atoms with Crippen LogP contribution in [0.25, 0.3) is 11.5 Å². The minimum Gasteiger partial charge on any atom is -0.500 e. The molecule has 7 heteroatoms. The molecule has 1 saturated heterocycles. The highest BCUT2D eigenvalue weighted by Crippen LogP contribution is 2.28. The molecule has 2 aliphatic heterocycles. The second kappa shape index (κ2) is 10.4. The van der Waals surface area contributed by atoms with E-state index in [1.165, 1.54) is 31.5 Å². The van der Waals surface area contributed by atoms with Crippen molar-refractivity contribution in [2.75, 3.05) is 44.2 Å². The first-order valence-corrected chi connectivity index (χ1v) is 12.3. The van der Waals surface area contributed by atoms with Gasteiger partial charge in [-0.1, -0.05) is 6.07 Å². The summed E-state index contributed by atoms with van der Waals surface area (Å²) < 4.78 is 10.6. The van der Waals surface area contributed by atoms with E-state index in [1.807, 2.05) is 6.07 Å². The van der Waals surface area contributed by atoms with Crippen LogP contribution in [0.1, 0.15) is 38.5 Å². The fourth-order valence-electron chi connectivity index (χ4n) is 5.22. The van der Waals surface area contributed by atoms with E-state index >= 15 is 0 Å². The summed E-state index contributed by atoms with van der Waals surface area (Å²) in [7, 11) is 0. The molecule has 0 bridgehead atoms. The lowest BCUT2D eigenvalue weighted by molar-refractivity contribution is -0.118. The molecule has 2 fully saturated rings. The third kappa shape index (κ3) is 5.58. The van der Waals surface area contributed by atoms with Crippen LogP contribution < -0.4 is 10.2 Å². The highest BCUT2D eigenvalue weighted by molar-refractivity contribution is 5.93. The summed E-state index contributed by atoms with van der Waals surface area (Å²) in [4.78, 5) is 21.6. The van der Waals surface area contributed by atoms with E-state index in [4.69, 9.17) is 9.15 Å². The zero-order chi connectivity index (χ0) is 22.5. The number of piperazine rings is 1. The van der Waals surface area contributed by atoms with E-state index in [1.54, 1.807) is 18.7 Å². The van der Waals surface area contributed by atoms with Gasteiger partial charge in [0.2, 0.25) is 5.89 Å². The molecule has 0 spiro atoms. The molecule has 0 unspecified atom stereocenters. The Bertz CT molecular complexity index is 942. The van der Waals surface area contributed by atoms with Crippen molar-refractivity contribution in [3.05, 3.63) is 48.6 Å². The van der Waals surface area contributed by atoms with Crippen LogP contribution in [0, 0.1) is 5.92 Å². The van der Waals surface area contributed by atoms with Crippen molar-refractivity contribution in [2.24, 2.45) is 5.92 Å². The van der Waals surface area contributed by atoms with Crippen LogP contribution in [-0.4, -0.2) is 61.2 Å². The number of hydrogen-bond acceptors (Lipinski definition) is 6. The van der Waals surface area contributed by atoms with Gasteiger partial charge in [0.1, 0.15) is 6.26 Å². The third-order valence-electron chi connectivity index (χ3n) is 7.30. The maximum atomic E-state index is 12.3. The van der Waals surface area contributed by atoms with Crippen LogP contribution in [0.15, 0.2) is 53.0 Å². The molecule has 1 amide bonds. The van der Waals surface area contributed by atoms with Gasteiger partial charge in [-0.25, -0.2) is 4.98 Å². The van der Waals surface area contributed by atoms with Crippen molar-refractivity contribution in [3.8, 4) is 11.5 Å². The van der Waals surface area contributed by atoms with Crippen molar-refractivity contribution in [3.63, 3.8) is 0 Å². The number of carbonyl (C=O) groups excluding carboxylic acids is 1. The average molecular weight is 451 g/mol. The zero-order valence-electron chi connectivity index (χ0n) is 19.2. The Kier molecular flexibility index (Phi) is 6.95. The number of ether oxygens (including phenoxy) is 1. The quantitative estimate of drug-likeness (QED) is 0.691. The number of rotatable bonds is 7. The molecular weight excluding hydrogens is 416 g/mol. The Balaban J connectivity index is 1.02. The summed E-state index contributed by atoms with van der Waals surface area (Å²) in [6.07, 6.45) is 11.6. The van der Waals surface area contributed by atoms with Crippen molar-refractivity contribution >= 4 is 11.6 Å². The smallest absolute Gasteiger partial charge is 0.250 e. The topological polar surface area (TPSA) is 70.8 Å². The van der Waals surface area contributed by atoms with Gasteiger partial charge in [-0.15, -0.1) is 0 Å². The Morgan fingerprint density at radius 1 is 1.12 bits per heavy atom. The van der Waals surface area contributed by atoms with E-state index in [9.17, 15) is 4.79 Å². The van der Waals surface area contributed by atoms with Gasteiger partial charge in [-0.05, 0) is 62.8 Å². The highest BCUT2D eigenvalue weighted by atomic mass is 16.5. The number of oxazole rings is 1. The third-order valence-corrected chi connectivity index (χ3v) is 7.30. The minimum atomic E-state index is 0.0692. The molecule has 176 valence electrons. The van der Waals surface area contributed by atoms with Crippen LogP contribution in [0.5, 0.6) is 0 Å². The van der Waals surface area contributed by atoms with Crippen LogP contribution >= 0.6 is 0 Å². The molecular formula is C26H34N4O3. The highest BCUT2D eigenvalue weighted by Gasteiger charge is 2.25. The molecule has 1 aliphatic carbocycles. The molecule has 2 aromatic rings. The van der Waals surface area contributed by atoms with Crippen LogP contribution in [0.3, 0.4) is 0 Å². The number of aromatic nitrogens is 1. The molecule has 1 saturated carbocycles. The SMILES string of the molecule is O=C(NC1CCC(CCN2CCN(c3cccc(-c4ncco4)c3)CC2)CC1)C1=COCC1. The Morgan fingerprint density at radius 3 is 2.70 bits per heavy atom. The molecule has 7 nitrogen and oxygen atoms in total. The standard InChI is InChI=1S/C26H34N4O3/c31-25(22-9-16-32-19-22)28-23-6-4-20(5-7-23)8-11-29-12-14-30(15-13-29)24-3-1-2-21(18-24)26-27-10-17-33-26/h1-3,10,17-20,23H,4-9,11-16H2,(H,28,31). The van der Waals surface area contributed by atoms with E-state index in [0.717, 1.165) is 62.5 Å². The fraction of sp³-hybridized carbons (Fsp3) is 0.538. The van der Waals surface area contributed by atoms with E-state index in [-0.39, 0.29) is 5.91 Å². The van der Waals surface area contributed by atoms with Gasteiger partial charge in [0.05, 0.1) is 24.6 Å². The summed E-state index contributed by atoms with van der Waals surface area (Å²) >= 11 is 0. The van der Waals surface area contributed by atoms with Crippen LogP contribution in [-0.2, 0) is 9.53 Å². The number of hydrogen-bond donors (Lipinski definition) is 1. The van der Waals surface area contributed by atoms with Crippen molar-refractivity contribution in [2.45, 2.75) is 44.6 Å². The van der Waals surface area contributed by atoms with Crippen molar-refractivity contribution in [1.82, 2.24) is 15.2 Å². The number of benzene rings is 1. The second-order valence-electron chi connectivity index (χ2n) is 9.46. The van der Waals surface area contributed by atoms with Gasteiger partial charge in [0.25, 0.3) is 5.91 Å². The second-order valence-corrected chi connectivity index (χ2v) is 9.46. The maximum Gasteiger partial charge on any atom is 0.250 e. The predicted molar refractivity (Wildman–Crippen MR) is 128 cm³/mol. The molecule has 1 N–H and O–H groups in total. The van der Waals surface area contributed by atoms with Crippen molar-refractivity contribution < 1.29 is 13.9 Å². The first-order chi connectivity index (χ1) is 16.2. The number of anilines is 1. The molecule has 3 heterocycles. The minimum absolute atomic E-state index is 0.0692. The molecule has 33 heavy (non-hydrogen) atoms. The molecule has 1 aromatic heterocycles. The summed E-state index contributed by atoms with van der Waals surface area (Å²) in [5.74, 6) is 1.52. The summed E-state index contributed by atoms with van der Waals surface area (Å²) in [6, 6.07) is 8.81.